The monoisotopic (exact) mass is 343 g/mol. The lowest BCUT2D eigenvalue weighted by Crippen LogP contribution is -2.37. The molecule has 1 aromatic rings. The fraction of sp³-hybridized carbons (Fsp3) is 0.800. The van der Waals surface area contributed by atoms with Gasteiger partial charge in [-0.1, -0.05) is 19.3 Å². The third-order valence-electron chi connectivity index (χ3n) is 6.79. The minimum Gasteiger partial charge on any atom is -0.368 e. The van der Waals surface area contributed by atoms with Gasteiger partial charge in [0, 0.05) is 24.6 Å². The molecule has 1 saturated carbocycles. The van der Waals surface area contributed by atoms with Crippen LogP contribution in [0.1, 0.15) is 75.0 Å². The minimum atomic E-state index is 0.472. The molecule has 138 valence electrons. The van der Waals surface area contributed by atoms with Crippen molar-refractivity contribution in [3.63, 3.8) is 0 Å². The molecular formula is C20H33N5. The first-order valence-electron chi connectivity index (χ1n) is 10.4. The van der Waals surface area contributed by atoms with Crippen molar-refractivity contribution in [1.82, 2.24) is 9.97 Å². The van der Waals surface area contributed by atoms with Gasteiger partial charge in [0.2, 0.25) is 5.95 Å². The average molecular weight is 344 g/mol. The van der Waals surface area contributed by atoms with Crippen LogP contribution in [-0.4, -0.2) is 29.6 Å². The molecule has 1 aromatic heterocycles. The lowest BCUT2D eigenvalue weighted by atomic mass is 9.83. The summed E-state index contributed by atoms with van der Waals surface area (Å²) in [4.78, 5) is 12.0. The fourth-order valence-corrected chi connectivity index (χ4v) is 5.33. The third-order valence-corrected chi connectivity index (χ3v) is 6.79. The predicted molar refractivity (Wildman–Crippen MR) is 103 cm³/mol. The molecule has 2 aliphatic carbocycles. The highest BCUT2D eigenvalue weighted by Gasteiger charge is 2.33. The first kappa shape index (κ1) is 17.1. The summed E-state index contributed by atoms with van der Waals surface area (Å²) in [5.74, 6) is 3.68. The van der Waals surface area contributed by atoms with Crippen LogP contribution >= 0.6 is 0 Å². The van der Waals surface area contributed by atoms with Crippen LogP contribution in [0, 0.1) is 11.8 Å². The van der Waals surface area contributed by atoms with Crippen molar-refractivity contribution in [1.29, 1.82) is 0 Å². The Balaban J connectivity index is 1.68. The van der Waals surface area contributed by atoms with Gasteiger partial charge in [0.05, 0.1) is 5.69 Å². The fourth-order valence-electron chi connectivity index (χ4n) is 5.33. The molecule has 0 radical (unpaired) electrons. The molecule has 0 spiro atoms. The van der Waals surface area contributed by atoms with E-state index in [2.05, 4.69) is 4.90 Å². The van der Waals surface area contributed by atoms with Gasteiger partial charge in [0.1, 0.15) is 5.82 Å². The van der Waals surface area contributed by atoms with Gasteiger partial charge in [-0.15, -0.1) is 0 Å². The van der Waals surface area contributed by atoms with Crippen LogP contribution in [-0.2, 0) is 6.42 Å². The summed E-state index contributed by atoms with van der Waals surface area (Å²) in [6.45, 7) is 2.92. The molecule has 4 N–H and O–H groups in total. The van der Waals surface area contributed by atoms with Crippen molar-refractivity contribution in [2.45, 2.75) is 70.1 Å². The van der Waals surface area contributed by atoms with E-state index in [4.69, 9.17) is 21.4 Å². The third kappa shape index (κ3) is 3.48. The zero-order valence-corrected chi connectivity index (χ0v) is 15.4. The number of nitrogen functional groups attached to an aromatic ring is 1. The molecule has 1 aliphatic heterocycles. The molecule has 0 aromatic carbocycles. The van der Waals surface area contributed by atoms with E-state index in [1.807, 2.05) is 0 Å². The second-order valence-corrected chi connectivity index (χ2v) is 8.33. The van der Waals surface area contributed by atoms with Crippen LogP contribution in [0.15, 0.2) is 0 Å². The highest BCUT2D eigenvalue weighted by atomic mass is 15.2. The van der Waals surface area contributed by atoms with Crippen LogP contribution in [0.5, 0.6) is 0 Å². The molecule has 1 saturated heterocycles. The Hall–Kier alpha value is -1.36. The molecule has 5 nitrogen and oxygen atoms in total. The first-order chi connectivity index (χ1) is 12.3. The maximum absolute atomic E-state index is 6.19. The number of aromatic nitrogens is 2. The number of nitrogens with two attached hydrogens (primary N) is 2. The highest BCUT2D eigenvalue weighted by Crippen LogP contribution is 2.44. The molecule has 2 fully saturated rings. The number of nitrogens with zero attached hydrogens (tertiary/aromatic N) is 3. The van der Waals surface area contributed by atoms with E-state index in [9.17, 15) is 0 Å². The zero-order valence-electron chi connectivity index (χ0n) is 15.4. The maximum Gasteiger partial charge on any atom is 0.222 e. The molecule has 2 unspecified atom stereocenters. The smallest absolute Gasteiger partial charge is 0.222 e. The summed E-state index contributed by atoms with van der Waals surface area (Å²) in [5.41, 5.74) is 14.8. The lowest BCUT2D eigenvalue weighted by molar-refractivity contribution is 0.371. The summed E-state index contributed by atoms with van der Waals surface area (Å²) >= 11 is 0. The van der Waals surface area contributed by atoms with Crippen LogP contribution < -0.4 is 16.4 Å². The Kier molecular flexibility index (Phi) is 5.11. The highest BCUT2D eigenvalue weighted by molar-refractivity contribution is 5.53. The molecule has 5 heteroatoms. The second kappa shape index (κ2) is 7.48. The van der Waals surface area contributed by atoms with Gasteiger partial charge < -0.3 is 16.4 Å². The van der Waals surface area contributed by atoms with Crippen molar-refractivity contribution in [3.8, 4) is 0 Å². The van der Waals surface area contributed by atoms with E-state index >= 15 is 0 Å². The molecule has 2 atom stereocenters. The summed E-state index contributed by atoms with van der Waals surface area (Å²) in [6, 6.07) is 0. The summed E-state index contributed by atoms with van der Waals surface area (Å²) in [5, 5.41) is 0. The number of hydrogen-bond acceptors (Lipinski definition) is 5. The van der Waals surface area contributed by atoms with Gasteiger partial charge in [-0.05, 0) is 63.3 Å². The van der Waals surface area contributed by atoms with E-state index in [1.165, 1.54) is 69.0 Å². The van der Waals surface area contributed by atoms with Crippen molar-refractivity contribution in [3.05, 3.63) is 11.3 Å². The maximum atomic E-state index is 6.19. The van der Waals surface area contributed by atoms with E-state index < -0.39 is 0 Å². The standard InChI is InChI=1S/C20H33N5/c21-13-14-9-11-25(12-10-14)19-17-8-4-6-15-5-2-1-3-7-16(15)18(17)23-20(22)24-19/h14-16H,1-13,21H2,(H2,22,23,24). The van der Waals surface area contributed by atoms with Gasteiger partial charge in [0.25, 0.3) is 0 Å². The van der Waals surface area contributed by atoms with Crippen LogP contribution in [0.3, 0.4) is 0 Å². The quantitative estimate of drug-likeness (QED) is 0.861. The Bertz CT molecular complexity index is 594. The molecular weight excluding hydrogens is 310 g/mol. The molecule has 25 heavy (non-hydrogen) atoms. The Labute approximate surface area is 151 Å². The normalized spacial score (nSPS) is 28.0. The molecule has 4 rings (SSSR count). The second-order valence-electron chi connectivity index (χ2n) is 8.33. The number of fused-ring (bicyclic) bond motifs is 3. The minimum absolute atomic E-state index is 0.472. The summed E-state index contributed by atoms with van der Waals surface area (Å²) in [7, 11) is 0. The van der Waals surface area contributed by atoms with E-state index in [0.717, 1.165) is 37.8 Å². The van der Waals surface area contributed by atoms with Gasteiger partial charge in [0.15, 0.2) is 0 Å². The number of rotatable bonds is 2. The van der Waals surface area contributed by atoms with Crippen LogP contribution in [0.25, 0.3) is 0 Å². The van der Waals surface area contributed by atoms with E-state index in [-0.39, 0.29) is 0 Å². The van der Waals surface area contributed by atoms with Crippen molar-refractivity contribution in [2.24, 2.45) is 17.6 Å². The van der Waals surface area contributed by atoms with Crippen molar-refractivity contribution < 1.29 is 0 Å². The molecule has 2 heterocycles. The van der Waals surface area contributed by atoms with Gasteiger partial charge in [-0.2, -0.15) is 4.98 Å². The molecule has 0 amide bonds. The average Bonchev–Trinajstić information content (AvgIpc) is 2.96. The Morgan fingerprint density at radius 3 is 2.48 bits per heavy atom. The molecule has 3 aliphatic rings. The van der Waals surface area contributed by atoms with Gasteiger partial charge in [-0.3, -0.25) is 0 Å². The number of anilines is 2. The van der Waals surface area contributed by atoms with Crippen molar-refractivity contribution in [2.75, 3.05) is 30.3 Å². The van der Waals surface area contributed by atoms with Gasteiger partial charge >= 0.3 is 0 Å². The Morgan fingerprint density at radius 2 is 1.68 bits per heavy atom. The molecule has 0 bridgehead atoms. The largest absolute Gasteiger partial charge is 0.368 e. The first-order valence-corrected chi connectivity index (χ1v) is 10.4. The van der Waals surface area contributed by atoms with Gasteiger partial charge in [-0.25, -0.2) is 4.98 Å². The van der Waals surface area contributed by atoms with Crippen molar-refractivity contribution >= 4 is 11.8 Å². The Morgan fingerprint density at radius 1 is 0.920 bits per heavy atom. The summed E-state index contributed by atoms with van der Waals surface area (Å²) in [6.07, 6.45) is 12.8. The zero-order chi connectivity index (χ0) is 17.2. The van der Waals surface area contributed by atoms with Crippen LogP contribution in [0.4, 0.5) is 11.8 Å². The van der Waals surface area contributed by atoms with Crippen LogP contribution in [0.2, 0.25) is 0 Å². The summed E-state index contributed by atoms with van der Waals surface area (Å²) < 4.78 is 0. The predicted octanol–water partition coefficient (Wildman–Crippen LogP) is 3.23. The topological polar surface area (TPSA) is 81.1 Å². The lowest BCUT2D eigenvalue weighted by Gasteiger charge is -2.34. The number of piperidine rings is 1. The SMILES string of the molecule is NCC1CCN(c2nc(N)nc3c2CCCC2CCCCCC32)CC1. The number of hydrogen-bond donors (Lipinski definition) is 2. The van der Waals surface area contributed by atoms with E-state index in [1.54, 1.807) is 0 Å². The van der Waals surface area contributed by atoms with E-state index in [0.29, 0.717) is 17.8 Å².